The van der Waals surface area contributed by atoms with Gasteiger partial charge in [-0.1, -0.05) is 23.7 Å². The minimum atomic E-state index is 0.425. The van der Waals surface area contributed by atoms with Gasteiger partial charge in [-0.05, 0) is 18.1 Å². The lowest BCUT2D eigenvalue weighted by Crippen LogP contribution is -2.25. The Bertz CT molecular complexity index is 493. The van der Waals surface area contributed by atoms with Gasteiger partial charge in [0.1, 0.15) is 0 Å². The first-order chi connectivity index (χ1) is 7.84. The maximum atomic E-state index is 6.13. The summed E-state index contributed by atoms with van der Waals surface area (Å²) in [4.78, 5) is 4.08. The number of halogens is 1. The Labute approximate surface area is 99.1 Å². The van der Waals surface area contributed by atoms with Crippen molar-refractivity contribution in [3.63, 3.8) is 0 Å². The van der Waals surface area contributed by atoms with Crippen molar-refractivity contribution in [1.82, 2.24) is 9.55 Å². The van der Waals surface area contributed by atoms with Crippen molar-refractivity contribution in [2.24, 2.45) is 0 Å². The van der Waals surface area contributed by atoms with Gasteiger partial charge in [-0.15, -0.1) is 0 Å². The van der Waals surface area contributed by atoms with Gasteiger partial charge in [-0.25, -0.2) is 4.98 Å². The summed E-state index contributed by atoms with van der Waals surface area (Å²) in [5.41, 5.74) is 2.36. The molecule has 1 aliphatic heterocycles. The number of imidazole rings is 1. The van der Waals surface area contributed by atoms with Crippen molar-refractivity contribution in [1.29, 1.82) is 0 Å². The smallest absolute Gasteiger partial charge is 0.0949 e. The molecular weight excluding hydrogens is 222 g/mol. The van der Waals surface area contributed by atoms with Crippen LogP contribution in [0.4, 0.5) is 5.69 Å². The molecule has 3 rings (SSSR count). The number of nitrogens with zero attached hydrogens (tertiary/aromatic N) is 2. The fourth-order valence-electron chi connectivity index (χ4n) is 2.18. The summed E-state index contributed by atoms with van der Waals surface area (Å²) < 4.78 is 2.14. The molecule has 0 unspecified atom stereocenters. The van der Waals surface area contributed by atoms with Crippen LogP contribution in [0.15, 0.2) is 36.9 Å². The normalized spacial score (nSPS) is 18.9. The predicted octanol–water partition coefficient (Wildman–Crippen LogP) is 2.75. The van der Waals surface area contributed by atoms with Gasteiger partial charge in [0.15, 0.2) is 0 Å². The second-order valence-electron chi connectivity index (χ2n) is 4.02. The van der Waals surface area contributed by atoms with Crippen LogP contribution in [-0.4, -0.2) is 16.1 Å². The SMILES string of the molecule is Clc1cccc2c1NC[C@H](n1ccnc1)C2. The highest BCUT2D eigenvalue weighted by atomic mass is 35.5. The molecule has 1 atom stereocenters. The Morgan fingerprint density at radius 2 is 2.38 bits per heavy atom. The lowest BCUT2D eigenvalue weighted by molar-refractivity contribution is 0.510. The molecule has 2 aromatic rings. The van der Waals surface area contributed by atoms with E-state index in [2.05, 4.69) is 20.9 Å². The van der Waals surface area contributed by atoms with Gasteiger partial charge in [0.2, 0.25) is 0 Å². The number of benzene rings is 1. The summed E-state index contributed by atoms with van der Waals surface area (Å²) in [6, 6.07) is 6.47. The minimum absolute atomic E-state index is 0.425. The maximum absolute atomic E-state index is 6.13. The van der Waals surface area contributed by atoms with Crippen LogP contribution in [0.25, 0.3) is 0 Å². The summed E-state index contributed by atoms with van der Waals surface area (Å²) in [7, 11) is 0. The lowest BCUT2D eigenvalue weighted by Gasteiger charge is -2.27. The van der Waals surface area contributed by atoms with Crippen molar-refractivity contribution in [3.05, 3.63) is 47.5 Å². The zero-order valence-corrected chi connectivity index (χ0v) is 9.48. The predicted molar refractivity (Wildman–Crippen MR) is 64.9 cm³/mol. The van der Waals surface area contributed by atoms with Gasteiger partial charge in [0.05, 0.1) is 23.1 Å². The molecule has 0 aliphatic carbocycles. The van der Waals surface area contributed by atoms with Gasteiger partial charge in [0.25, 0.3) is 0 Å². The highest BCUT2D eigenvalue weighted by Gasteiger charge is 2.20. The van der Waals surface area contributed by atoms with Gasteiger partial charge in [-0.2, -0.15) is 0 Å². The summed E-state index contributed by atoms with van der Waals surface area (Å²) in [5.74, 6) is 0. The van der Waals surface area contributed by atoms with Crippen LogP contribution in [0, 0.1) is 0 Å². The molecule has 0 spiro atoms. The van der Waals surface area contributed by atoms with Crippen LogP contribution in [0.2, 0.25) is 5.02 Å². The molecule has 16 heavy (non-hydrogen) atoms. The van der Waals surface area contributed by atoms with Crippen LogP contribution in [-0.2, 0) is 6.42 Å². The van der Waals surface area contributed by atoms with Gasteiger partial charge >= 0.3 is 0 Å². The first kappa shape index (κ1) is 9.73. The Balaban J connectivity index is 1.92. The van der Waals surface area contributed by atoms with Crippen LogP contribution in [0.5, 0.6) is 0 Å². The molecule has 0 radical (unpaired) electrons. The standard InChI is InChI=1S/C12H12ClN3/c13-11-3-1-2-9-6-10(7-15-12(9)11)16-5-4-14-8-16/h1-5,8,10,15H,6-7H2/t10-/m1/s1. The van der Waals surface area contributed by atoms with Crippen molar-refractivity contribution >= 4 is 17.3 Å². The topological polar surface area (TPSA) is 29.9 Å². The van der Waals surface area contributed by atoms with E-state index in [0.717, 1.165) is 23.7 Å². The van der Waals surface area contributed by atoms with Gasteiger partial charge in [0, 0.05) is 18.9 Å². The van der Waals surface area contributed by atoms with Crippen LogP contribution in [0.1, 0.15) is 11.6 Å². The number of hydrogen-bond donors (Lipinski definition) is 1. The van der Waals surface area contributed by atoms with E-state index in [9.17, 15) is 0 Å². The van der Waals surface area contributed by atoms with Crippen LogP contribution in [0.3, 0.4) is 0 Å². The van der Waals surface area contributed by atoms with E-state index in [-0.39, 0.29) is 0 Å². The quantitative estimate of drug-likeness (QED) is 0.821. The second-order valence-corrected chi connectivity index (χ2v) is 4.43. The largest absolute Gasteiger partial charge is 0.382 e. The molecule has 3 nitrogen and oxygen atoms in total. The molecule has 4 heteroatoms. The Kier molecular flexibility index (Phi) is 2.33. The first-order valence-electron chi connectivity index (χ1n) is 5.33. The average Bonchev–Trinajstić information content (AvgIpc) is 2.82. The third-order valence-electron chi connectivity index (χ3n) is 3.02. The minimum Gasteiger partial charge on any atom is -0.382 e. The fraction of sp³-hybridized carbons (Fsp3) is 0.250. The monoisotopic (exact) mass is 233 g/mol. The Morgan fingerprint density at radius 3 is 3.19 bits per heavy atom. The second kappa shape index (κ2) is 3.83. The number of fused-ring (bicyclic) bond motifs is 1. The molecule has 1 aliphatic rings. The van der Waals surface area contributed by atoms with E-state index in [1.807, 2.05) is 30.9 Å². The number of para-hydroxylation sites is 1. The molecule has 0 saturated heterocycles. The van der Waals surface area contributed by atoms with Gasteiger partial charge < -0.3 is 9.88 Å². The lowest BCUT2D eigenvalue weighted by atomic mass is 9.99. The third kappa shape index (κ3) is 1.57. The highest BCUT2D eigenvalue weighted by molar-refractivity contribution is 6.33. The Morgan fingerprint density at radius 1 is 1.44 bits per heavy atom. The molecule has 0 bridgehead atoms. The van der Waals surface area contributed by atoms with E-state index in [0.29, 0.717) is 6.04 Å². The Hall–Kier alpha value is -1.48. The van der Waals surface area contributed by atoms with Crippen molar-refractivity contribution in [2.45, 2.75) is 12.5 Å². The first-order valence-corrected chi connectivity index (χ1v) is 5.71. The summed E-state index contributed by atoms with van der Waals surface area (Å²) >= 11 is 6.13. The van der Waals surface area contributed by atoms with E-state index in [1.54, 1.807) is 0 Å². The summed E-state index contributed by atoms with van der Waals surface area (Å²) in [6.45, 7) is 0.896. The zero-order chi connectivity index (χ0) is 11.0. The molecule has 82 valence electrons. The van der Waals surface area contributed by atoms with Crippen molar-refractivity contribution < 1.29 is 0 Å². The number of rotatable bonds is 1. The summed E-state index contributed by atoms with van der Waals surface area (Å²) in [6.07, 6.45) is 6.68. The molecular formula is C12H12ClN3. The van der Waals surface area contributed by atoms with Crippen LogP contribution >= 0.6 is 11.6 Å². The van der Waals surface area contributed by atoms with E-state index in [1.165, 1.54) is 5.56 Å². The third-order valence-corrected chi connectivity index (χ3v) is 3.33. The number of anilines is 1. The number of aromatic nitrogens is 2. The van der Waals surface area contributed by atoms with Crippen molar-refractivity contribution in [2.75, 3.05) is 11.9 Å². The molecule has 0 fully saturated rings. The summed E-state index contributed by atoms with van der Waals surface area (Å²) in [5, 5.41) is 4.20. The van der Waals surface area contributed by atoms with Crippen molar-refractivity contribution in [3.8, 4) is 0 Å². The highest BCUT2D eigenvalue weighted by Crippen LogP contribution is 2.32. The molecule has 2 heterocycles. The zero-order valence-electron chi connectivity index (χ0n) is 8.73. The molecule has 0 amide bonds. The number of hydrogen-bond acceptors (Lipinski definition) is 2. The van der Waals surface area contributed by atoms with E-state index < -0.39 is 0 Å². The average molecular weight is 234 g/mol. The van der Waals surface area contributed by atoms with E-state index >= 15 is 0 Å². The van der Waals surface area contributed by atoms with Gasteiger partial charge in [-0.3, -0.25) is 0 Å². The molecule has 1 aromatic carbocycles. The fourth-order valence-corrected chi connectivity index (χ4v) is 2.44. The maximum Gasteiger partial charge on any atom is 0.0949 e. The molecule has 1 N–H and O–H groups in total. The van der Waals surface area contributed by atoms with E-state index in [4.69, 9.17) is 11.6 Å². The molecule has 0 saturated carbocycles. The van der Waals surface area contributed by atoms with Crippen LogP contribution < -0.4 is 5.32 Å². The number of nitrogens with one attached hydrogen (secondary N) is 1. The molecule has 1 aromatic heterocycles.